The first-order valence-electron chi connectivity index (χ1n) is 5.58. The molecule has 2 rings (SSSR count). The van der Waals surface area contributed by atoms with Crippen LogP contribution in [0.2, 0.25) is 0 Å². The molecule has 8 heteroatoms. The fourth-order valence-electron chi connectivity index (χ4n) is 1.71. The summed E-state index contributed by atoms with van der Waals surface area (Å²) >= 11 is 0. The third kappa shape index (κ3) is 3.14. The summed E-state index contributed by atoms with van der Waals surface area (Å²) in [5, 5.41) is 3.17. The van der Waals surface area contributed by atoms with E-state index in [-0.39, 0.29) is 5.56 Å². The Balaban J connectivity index is 1.92. The lowest BCUT2D eigenvalue weighted by Gasteiger charge is -2.04. The number of nitrogens with one attached hydrogen (secondary N) is 3. The van der Waals surface area contributed by atoms with Crippen molar-refractivity contribution in [3.05, 3.63) is 28.4 Å². The molecule has 0 amide bonds. The smallest absolute Gasteiger partial charge is 0.275 e. The lowest BCUT2D eigenvalue weighted by atomic mass is 10.3. The first kappa shape index (κ1) is 13.2. The molecule has 0 fully saturated rings. The van der Waals surface area contributed by atoms with Gasteiger partial charge in [-0.2, -0.15) is 0 Å². The summed E-state index contributed by atoms with van der Waals surface area (Å²) in [6, 6.07) is 0. The standard InChI is InChI=1S/C10H15N4O3P/c15-10-9-8(13-6-14-10)7(5-12-9)4-11-2-1-3-18(16)17/h5-6,11-12,16-17H,1-4H2,(H,13,14,15). The highest BCUT2D eigenvalue weighted by Crippen LogP contribution is 2.22. The zero-order chi connectivity index (χ0) is 13.0. The van der Waals surface area contributed by atoms with Crippen molar-refractivity contribution in [1.82, 2.24) is 20.3 Å². The van der Waals surface area contributed by atoms with E-state index in [1.54, 1.807) is 6.20 Å². The molecule has 0 saturated carbocycles. The van der Waals surface area contributed by atoms with Crippen LogP contribution < -0.4 is 10.9 Å². The minimum atomic E-state index is -1.80. The summed E-state index contributed by atoms with van der Waals surface area (Å²) in [5.74, 6) is 0. The van der Waals surface area contributed by atoms with E-state index in [1.807, 2.05) is 0 Å². The van der Waals surface area contributed by atoms with E-state index in [4.69, 9.17) is 9.79 Å². The highest BCUT2D eigenvalue weighted by atomic mass is 31.2. The summed E-state index contributed by atoms with van der Waals surface area (Å²) in [6.07, 6.45) is 4.25. The first-order valence-corrected chi connectivity index (χ1v) is 7.01. The highest BCUT2D eigenvalue weighted by Gasteiger charge is 2.07. The van der Waals surface area contributed by atoms with Gasteiger partial charge in [-0.05, 0) is 13.0 Å². The van der Waals surface area contributed by atoms with Crippen molar-refractivity contribution in [2.45, 2.75) is 13.0 Å². The van der Waals surface area contributed by atoms with Gasteiger partial charge in [0.05, 0.1) is 11.8 Å². The molecule has 5 N–H and O–H groups in total. The Morgan fingerprint density at radius 3 is 3.00 bits per heavy atom. The van der Waals surface area contributed by atoms with E-state index in [2.05, 4.69) is 20.3 Å². The van der Waals surface area contributed by atoms with Crippen LogP contribution in [0.25, 0.3) is 11.0 Å². The van der Waals surface area contributed by atoms with Gasteiger partial charge in [0.15, 0.2) is 8.38 Å². The minimum absolute atomic E-state index is 0.183. The molecule has 0 unspecified atom stereocenters. The maximum atomic E-state index is 11.4. The molecule has 2 aromatic heterocycles. The molecule has 0 aliphatic heterocycles. The van der Waals surface area contributed by atoms with Crippen LogP contribution in [-0.4, -0.2) is 37.4 Å². The second-order valence-electron chi connectivity index (χ2n) is 3.90. The lowest BCUT2D eigenvalue weighted by Crippen LogP contribution is -2.15. The highest BCUT2D eigenvalue weighted by molar-refractivity contribution is 7.45. The van der Waals surface area contributed by atoms with Crippen molar-refractivity contribution in [2.75, 3.05) is 12.7 Å². The van der Waals surface area contributed by atoms with Crippen LogP contribution in [0.5, 0.6) is 0 Å². The quantitative estimate of drug-likeness (QED) is 0.375. The van der Waals surface area contributed by atoms with Gasteiger partial charge in [-0.25, -0.2) is 4.98 Å². The van der Waals surface area contributed by atoms with E-state index >= 15 is 0 Å². The topological polar surface area (TPSA) is 114 Å². The van der Waals surface area contributed by atoms with Crippen molar-refractivity contribution in [1.29, 1.82) is 0 Å². The summed E-state index contributed by atoms with van der Waals surface area (Å²) in [4.78, 5) is 38.5. The van der Waals surface area contributed by atoms with Crippen molar-refractivity contribution in [3.8, 4) is 0 Å². The van der Waals surface area contributed by atoms with Gasteiger partial charge in [-0.1, -0.05) is 0 Å². The first-order chi connectivity index (χ1) is 8.68. The molecule has 0 radical (unpaired) electrons. The van der Waals surface area contributed by atoms with Crippen LogP contribution in [0.1, 0.15) is 12.0 Å². The fourth-order valence-corrected chi connectivity index (χ4v) is 2.15. The van der Waals surface area contributed by atoms with E-state index in [9.17, 15) is 4.79 Å². The lowest BCUT2D eigenvalue weighted by molar-refractivity contribution is 0.479. The van der Waals surface area contributed by atoms with Gasteiger partial charge >= 0.3 is 0 Å². The maximum absolute atomic E-state index is 11.4. The van der Waals surface area contributed by atoms with Crippen LogP contribution in [0.15, 0.2) is 17.3 Å². The third-order valence-electron chi connectivity index (χ3n) is 2.58. The Morgan fingerprint density at radius 1 is 1.39 bits per heavy atom. The number of aromatic nitrogens is 3. The SMILES string of the molecule is O=c1[nH]cnc2c(CNCCCP(O)O)c[nH]c12. The van der Waals surface area contributed by atoms with Gasteiger partial charge in [-0.3, -0.25) is 4.79 Å². The molecule has 0 aliphatic rings. The normalized spacial score (nSPS) is 11.5. The summed E-state index contributed by atoms with van der Waals surface area (Å²) in [6.45, 7) is 1.28. The molecule has 0 saturated heterocycles. The van der Waals surface area contributed by atoms with Gasteiger partial charge in [0.2, 0.25) is 0 Å². The molecule has 7 nitrogen and oxygen atoms in total. The zero-order valence-corrected chi connectivity index (χ0v) is 10.6. The molecular weight excluding hydrogens is 255 g/mol. The van der Waals surface area contributed by atoms with Crippen LogP contribution >= 0.6 is 8.38 Å². The molecular formula is C10H15N4O3P. The Hall–Kier alpha value is -1.27. The Morgan fingerprint density at radius 2 is 2.22 bits per heavy atom. The van der Waals surface area contributed by atoms with Gasteiger partial charge in [-0.15, -0.1) is 0 Å². The summed E-state index contributed by atoms with van der Waals surface area (Å²) in [7, 11) is -1.80. The molecule has 18 heavy (non-hydrogen) atoms. The molecule has 2 aromatic rings. The van der Waals surface area contributed by atoms with E-state index in [1.165, 1.54) is 6.33 Å². The number of aromatic amines is 2. The van der Waals surface area contributed by atoms with Gasteiger partial charge in [0.1, 0.15) is 5.52 Å². The van der Waals surface area contributed by atoms with Gasteiger partial charge in [0, 0.05) is 24.5 Å². The predicted octanol–water partition coefficient (Wildman–Crippen LogP) is 0.0274. The summed E-state index contributed by atoms with van der Waals surface area (Å²) < 4.78 is 0. The van der Waals surface area contributed by atoms with E-state index in [0.717, 1.165) is 5.56 Å². The Bertz CT molecular complexity index is 565. The second kappa shape index (κ2) is 6.06. The fraction of sp³-hybridized carbons (Fsp3) is 0.400. The molecule has 0 aromatic carbocycles. The van der Waals surface area contributed by atoms with Gasteiger partial charge < -0.3 is 25.1 Å². The largest absolute Gasteiger partial charge is 0.355 e. The molecule has 0 atom stereocenters. The van der Waals surface area contributed by atoms with Crippen molar-refractivity contribution in [3.63, 3.8) is 0 Å². The van der Waals surface area contributed by atoms with Crippen molar-refractivity contribution >= 4 is 19.4 Å². The average molecular weight is 270 g/mol. The molecule has 0 bridgehead atoms. The van der Waals surface area contributed by atoms with Gasteiger partial charge in [0.25, 0.3) is 5.56 Å². The van der Waals surface area contributed by atoms with Crippen LogP contribution in [0.4, 0.5) is 0 Å². The average Bonchev–Trinajstić information content (AvgIpc) is 2.73. The number of fused-ring (bicyclic) bond motifs is 1. The van der Waals surface area contributed by atoms with Crippen LogP contribution in [0, 0.1) is 0 Å². The number of hydrogen-bond donors (Lipinski definition) is 5. The van der Waals surface area contributed by atoms with Crippen LogP contribution in [0.3, 0.4) is 0 Å². The number of H-pyrrole nitrogens is 2. The monoisotopic (exact) mass is 270 g/mol. The molecule has 0 spiro atoms. The Labute approximate surface area is 104 Å². The molecule has 0 aliphatic carbocycles. The van der Waals surface area contributed by atoms with E-state index < -0.39 is 8.38 Å². The summed E-state index contributed by atoms with van der Waals surface area (Å²) in [5.41, 5.74) is 1.88. The maximum Gasteiger partial charge on any atom is 0.275 e. The van der Waals surface area contributed by atoms with Crippen LogP contribution in [-0.2, 0) is 6.54 Å². The van der Waals surface area contributed by atoms with Crippen molar-refractivity contribution in [2.24, 2.45) is 0 Å². The third-order valence-corrected chi connectivity index (χ3v) is 3.29. The number of hydrogen-bond acceptors (Lipinski definition) is 5. The number of rotatable bonds is 6. The zero-order valence-electron chi connectivity index (χ0n) is 9.68. The second-order valence-corrected chi connectivity index (χ2v) is 5.09. The molecule has 98 valence electrons. The predicted molar refractivity (Wildman–Crippen MR) is 69.3 cm³/mol. The minimum Gasteiger partial charge on any atom is -0.355 e. The number of nitrogens with zero attached hydrogens (tertiary/aromatic N) is 1. The molecule has 2 heterocycles. The van der Waals surface area contributed by atoms with E-state index in [0.29, 0.717) is 36.7 Å². The van der Waals surface area contributed by atoms with Crippen molar-refractivity contribution < 1.29 is 9.79 Å². The Kier molecular flexibility index (Phi) is 4.43.